The molecule has 2 aromatic carbocycles. The van der Waals surface area contributed by atoms with Gasteiger partial charge < -0.3 is 4.74 Å². The summed E-state index contributed by atoms with van der Waals surface area (Å²) in [5.74, 6) is -0.152. The van der Waals surface area contributed by atoms with Crippen molar-refractivity contribution in [2.75, 3.05) is 12.4 Å². The molecular weight excluding hydrogens is 414 g/mol. The molecule has 9 heteroatoms. The number of benzene rings is 2. The molecule has 0 radical (unpaired) electrons. The number of nitrogens with one attached hydrogen (secondary N) is 2. The highest BCUT2D eigenvalue weighted by molar-refractivity contribution is 7.99. The Morgan fingerprint density at radius 3 is 2.55 bits per heavy atom. The van der Waals surface area contributed by atoms with Gasteiger partial charge in [0.1, 0.15) is 5.75 Å². The number of para-hydroxylation sites is 1. The molecule has 4 aromatic rings. The fraction of sp³-hybridized carbons (Fsp3) is 0.182. The van der Waals surface area contributed by atoms with Crippen molar-refractivity contribution < 1.29 is 14.3 Å². The van der Waals surface area contributed by atoms with Gasteiger partial charge in [-0.05, 0) is 43.7 Å². The number of thioether (sulfide) groups is 1. The molecule has 8 nitrogen and oxygen atoms in total. The Morgan fingerprint density at radius 2 is 1.74 bits per heavy atom. The van der Waals surface area contributed by atoms with Gasteiger partial charge in [0.05, 0.1) is 11.3 Å². The third kappa shape index (κ3) is 4.77. The Bertz CT molecular complexity index is 1250. The van der Waals surface area contributed by atoms with Crippen molar-refractivity contribution >= 4 is 40.1 Å². The number of carbonyl (C=O) groups is 2. The second-order valence-corrected chi connectivity index (χ2v) is 7.95. The molecule has 0 unspecified atom stereocenters. The molecule has 0 bridgehead atoms. The van der Waals surface area contributed by atoms with Crippen LogP contribution in [-0.4, -0.2) is 38.8 Å². The Kier molecular flexibility index (Phi) is 6.03. The molecule has 2 N–H and O–H groups in total. The van der Waals surface area contributed by atoms with Crippen LogP contribution in [0.25, 0.3) is 16.6 Å². The van der Waals surface area contributed by atoms with E-state index in [1.165, 1.54) is 11.8 Å². The van der Waals surface area contributed by atoms with Crippen LogP contribution in [0.5, 0.6) is 5.75 Å². The van der Waals surface area contributed by atoms with Crippen LogP contribution < -0.4 is 15.6 Å². The molecule has 31 heavy (non-hydrogen) atoms. The van der Waals surface area contributed by atoms with E-state index in [0.29, 0.717) is 10.9 Å². The number of fused-ring (bicyclic) bond motifs is 3. The predicted octanol–water partition coefficient (Wildman–Crippen LogP) is 2.82. The molecule has 0 saturated heterocycles. The number of aryl methyl sites for hydroxylation is 2. The molecule has 2 amide bonds. The standard InChI is InChI=1S/C22H21N5O3S/c1-14-7-9-16(10-8-14)30-12-20(28)24-25-21(29)13-31-22-26-23-19-11-15(2)17-5-3-4-6-18(17)27(19)22/h3-11H,12-13H2,1-2H3,(H,24,28)(H,25,29). The highest BCUT2D eigenvalue weighted by Crippen LogP contribution is 2.25. The van der Waals surface area contributed by atoms with Gasteiger partial charge in [-0.15, -0.1) is 10.2 Å². The summed E-state index contributed by atoms with van der Waals surface area (Å²) in [6.45, 7) is 3.80. The maximum atomic E-state index is 12.2. The number of pyridine rings is 1. The number of aromatic nitrogens is 3. The SMILES string of the molecule is Cc1ccc(OCC(=O)NNC(=O)CSc2nnc3cc(C)c4ccccc4n23)cc1. The van der Waals surface area contributed by atoms with Crippen LogP contribution in [0.2, 0.25) is 0 Å². The molecule has 0 fully saturated rings. The molecule has 0 aliphatic carbocycles. The lowest BCUT2D eigenvalue weighted by Crippen LogP contribution is -2.44. The minimum Gasteiger partial charge on any atom is -0.484 e. The molecule has 0 aliphatic heterocycles. The van der Waals surface area contributed by atoms with Crippen LogP contribution in [0.1, 0.15) is 11.1 Å². The molecular formula is C22H21N5O3S. The zero-order valence-corrected chi connectivity index (χ0v) is 17.9. The first-order valence-electron chi connectivity index (χ1n) is 9.65. The first kappa shape index (κ1) is 20.7. The first-order chi connectivity index (χ1) is 15.0. The first-order valence-corrected chi connectivity index (χ1v) is 10.6. The second kappa shape index (κ2) is 9.05. The number of hydrogen-bond donors (Lipinski definition) is 2. The lowest BCUT2D eigenvalue weighted by atomic mass is 10.1. The average Bonchev–Trinajstić information content (AvgIpc) is 3.19. The van der Waals surface area contributed by atoms with Crippen LogP contribution >= 0.6 is 11.8 Å². The number of amides is 2. The quantitative estimate of drug-likeness (QED) is 0.357. The van der Waals surface area contributed by atoms with Crippen molar-refractivity contribution in [1.29, 1.82) is 0 Å². The summed E-state index contributed by atoms with van der Waals surface area (Å²) in [4.78, 5) is 24.1. The highest BCUT2D eigenvalue weighted by Gasteiger charge is 2.13. The minimum atomic E-state index is -0.451. The van der Waals surface area contributed by atoms with Gasteiger partial charge in [0.25, 0.3) is 5.91 Å². The summed E-state index contributed by atoms with van der Waals surface area (Å²) in [5.41, 5.74) is 8.65. The van der Waals surface area contributed by atoms with Crippen LogP contribution in [0.3, 0.4) is 0 Å². The normalized spacial score (nSPS) is 10.9. The van der Waals surface area contributed by atoms with E-state index >= 15 is 0 Å². The van der Waals surface area contributed by atoms with Gasteiger partial charge in [-0.25, -0.2) is 0 Å². The molecule has 0 spiro atoms. The molecule has 0 aliphatic rings. The molecule has 2 aromatic heterocycles. The Hall–Kier alpha value is -3.59. The predicted molar refractivity (Wildman–Crippen MR) is 119 cm³/mol. The van der Waals surface area contributed by atoms with Crippen molar-refractivity contribution in [3.63, 3.8) is 0 Å². The Balaban J connectivity index is 1.32. The fourth-order valence-corrected chi connectivity index (χ4v) is 3.85. The maximum Gasteiger partial charge on any atom is 0.276 e. The summed E-state index contributed by atoms with van der Waals surface area (Å²) in [6, 6.07) is 17.3. The molecule has 0 atom stereocenters. The van der Waals surface area contributed by atoms with E-state index in [9.17, 15) is 9.59 Å². The van der Waals surface area contributed by atoms with Gasteiger partial charge >= 0.3 is 0 Å². The third-order valence-electron chi connectivity index (χ3n) is 4.64. The Morgan fingerprint density at radius 1 is 1.00 bits per heavy atom. The topological polar surface area (TPSA) is 97.6 Å². The lowest BCUT2D eigenvalue weighted by molar-refractivity contribution is -0.128. The molecule has 2 heterocycles. The molecule has 158 valence electrons. The zero-order valence-electron chi connectivity index (χ0n) is 17.1. The maximum absolute atomic E-state index is 12.2. The fourth-order valence-electron chi connectivity index (χ4n) is 3.09. The van der Waals surface area contributed by atoms with Gasteiger partial charge in [-0.3, -0.25) is 24.8 Å². The lowest BCUT2D eigenvalue weighted by Gasteiger charge is -2.09. The van der Waals surface area contributed by atoms with Gasteiger partial charge in [0.15, 0.2) is 17.4 Å². The van der Waals surface area contributed by atoms with Gasteiger partial charge in [-0.2, -0.15) is 0 Å². The summed E-state index contributed by atoms with van der Waals surface area (Å²) < 4.78 is 7.31. The average molecular weight is 436 g/mol. The van der Waals surface area contributed by atoms with Crippen LogP contribution in [0.4, 0.5) is 0 Å². The van der Waals surface area contributed by atoms with E-state index in [4.69, 9.17) is 4.74 Å². The van der Waals surface area contributed by atoms with Crippen LogP contribution in [-0.2, 0) is 9.59 Å². The number of nitrogens with zero attached hydrogens (tertiary/aromatic N) is 3. The molecule has 0 saturated carbocycles. The summed E-state index contributed by atoms with van der Waals surface area (Å²) in [5, 5.41) is 10.1. The second-order valence-electron chi connectivity index (χ2n) is 7.01. The van der Waals surface area contributed by atoms with E-state index in [2.05, 4.69) is 21.0 Å². The van der Waals surface area contributed by atoms with Gasteiger partial charge in [0, 0.05) is 5.39 Å². The number of hydrazine groups is 1. The number of ether oxygens (including phenoxy) is 1. The van der Waals surface area contributed by atoms with E-state index in [-0.39, 0.29) is 18.3 Å². The van der Waals surface area contributed by atoms with E-state index in [1.54, 1.807) is 12.1 Å². The number of hydrogen-bond acceptors (Lipinski definition) is 6. The molecule has 4 rings (SSSR count). The van der Waals surface area contributed by atoms with Gasteiger partial charge in [-0.1, -0.05) is 47.7 Å². The number of rotatable bonds is 6. The van der Waals surface area contributed by atoms with E-state index < -0.39 is 5.91 Å². The van der Waals surface area contributed by atoms with E-state index in [1.807, 2.05) is 60.7 Å². The third-order valence-corrected chi connectivity index (χ3v) is 5.57. The van der Waals surface area contributed by atoms with Crippen molar-refractivity contribution in [2.24, 2.45) is 0 Å². The van der Waals surface area contributed by atoms with Crippen LogP contribution in [0.15, 0.2) is 59.8 Å². The summed E-state index contributed by atoms with van der Waals surface area (Å²) >= 11 is 1.24. The van der Waals surface area contributed by atoms with E-state index in [0.717, 1.165) is 27.7 Å². The monoisotopic (exact) mass is 435 g/mol. The smallest absolute Gasteiger partial charge is 0.276 e. The van der Waals surface area contributed by atoms with Crippen LogP contribution in [0, 0.1) is 13.8 Å². The van der Waals surface area contributed by atoms with Gasteiger partial charge in [0.2, 0.25) is 5.91 Å². The van der Waals surface area contributed by atoms with Crippen molar-refractivity contribution in [2.45, 2.75) is 19.0 Å². The summed E-state index contributed by atoms with van der Waals surface area (Å²) in [6.07, 6.45) is 0. The van der Waals surface area contributed by atoms with Crippen molar-refractivity contribution in [3.05, 3.63) is 65.7 Å². The largest absolute Gasteiger partial charge is 0.484 e. The summed E-state index contributed by atoms with van der Waals surface area (Å²) in [7, 11) is 0. The minimum absolute atomic E-state index is 0.0715. The highest BCUT2D eigenvalue weighted by atomic mass is 32.2. The Labute approximate surface area is 183 Å². The van der Waals surface area contributed by atoms with Crippen molar-refractivity contribution in [3.8, 4) is 5.75 Å². The zero-order chi connectivity index (χ0) is 21.8. The van der Waals surface area contributed by atoms with Crippen molar-refractivity contribution in [1.82, 2.24) is 25.4 Å². The number of carbonyl (C=O) groups excluding carboxylic acids is 2.